The molecule has 0 spiro atoms. The van der Waals surface area contributed by atoms with Gasteiger partial charge in [0.15, 0.2) is 0 Å². The van der Waals surface area contributed by atoms with Crippen LogP contribution in [0.1, 0.15) is 13.3 Å². The molecule has 70 valence electrons. The van der Waals surface area contributed by atoms with Crippen molar-refractivity contribution in [2.24, 2.45) is 5.92 Å². The number of hydrogen-bond acceptors (Lipinski definition) is 2. The fraction of sp³-hybridized carbons (Fsp3) is 0.875. The van der Waals surface area contributed by atoms with Gasteiger partial charge in [-0.3, -0.25) is 0 Å². The third-order valence-corrected chi connectivity index (χ3v) is 2.01. The monoisotopic (exact) mass is 172 g/mol. The Morgan fingerprint density at radius 2 is 2.50 bits per heavy atom. The number of carbonyl (C=O) groups excluding carboxylic acids is 1. The number of nitrogens with one attached hydrogen (secondary N) is 1. The maximum atomic E-state index is 11.2. The van der Waals surface area contributed by atoms with Crippen LogP contribution in [-0.2, 0) is 0 Å². The van der Waals surface area contributed by atoms with Gasteiger partial charge in [-0.15, -0.1) is 0 Å². The maximum absolute atomic E-state index is 11.2. The van der Waals surface area contributed by atoms with E-state index in [4.69, 9.17) is 5.11 Å². The lowest BCUT2D eigenvalue weighted by atomic mass is 10.2. The zero-order chi connectivity index (χ0) is 8.97. The van der Waals surface area contributed by atoms with Crippen LogP contribution in [0.25, 0.3) is 0 Å². The van der Waals surface area contributed by atoms with Gasteiger partial charge in [-0.1, -0.05) is 6.92 Å². The summed E-state index contributed by atoms with van der Waals surface area (Å²) in [5.74, 6) is 0.175. The molecule has 1 unspecified atom stereocenters. The average molecular weight is 172 g/mol. The summed E-state index contributed by atoms with van der Waals surface area (Å²) in [5, 5.41) is 11.6. The Bertz CT molecular complexity index is 161. The second kappa shape index (κ2) is 4.30. The molecule has 1 rings (SSSR count). The number of carbonyl (C=O) groups is 1. The van der Waals surface area contributed by atoms with Gasteiger partial charge in [0.25, 0.3) is 0 Å². The van der Waals surface area contributed by atoms with Crippen molar-refractivity contribution >= 4 is 6.03 Å². The van der Waals surface area contributed by atoms with E-state index in [1.807, 2.05) is 6.92 Å². The van der Waals surface area contributed by atoms with Crippen LogP contribution in [-0.4, -0.2) is 42.3 Å². The van der Waals surface area contributed by atoms with Crippen LogP contribution in [0.2, 0.25) is 0 Å². The molecule has 1 saturated heterocycles. The second-order valence-corrected chi connectivity index (χ2v) is 3.32. The Hall–Kier alpha value is -0.770. The number of urea groups is 1. The number of rotatable bonds is 3. The number of amides is 2. The Kier molecular flexibility index (Phi) is 3.34. The highest BCUT2D eigenvalue weighted by Crippen LogP contribution is 2.03. The lowest BCUT2D eigenvalue weighted by molar-refractivity contribution is 0.157. The first-order chi connectivity index (χ1) is 5.74. The van der Waals surface area contributed by atoms with Crippen LogP contribution in [0.15, 0.2) is 0 Å². The summed E-state index contributed by atoms with van der Waals surface area (Å²) in [5.41, 5.74) is 0. The maximum Gasteiger partial charge on any atom is 0.317 e. The SMILES string of the molecule is CC(CO)CN1CCCNC1=O. The number of aliphatic hydroxyl groups is 1. The van der Waals surface area contributed by atoms with E-state index in [2.05, 4.69) is 5.32 Å². The summed E-state index contributed by atoms with van der Waals surface area (Å²) >= 11 is 0. The average Bonchev–Trinajstić information content (AvgIpc) is 2.09. The molecule has 0 aromatic carbocycles. The van der Waals surface area contributed by atoms with Crippen LogP contribution in [0.3, 0.4) is 0 Å². The molecule has 1 aliphatic rings. The van der Waals surface area contributed by atoms with Crippen molar-refractivity contribution in [3.05, 3.63) is 0 Å². The van der Waals surface area contributed by atoms with Crippen molar-refractivity contribution in [2.75, 3.05) is 26.2 Å². The smallest absolute Gasteiger partial charge is 0.317 e. The summed E-state index contributed by atoms with van der Waals surface area (Å²) in [4.78, 5) is 12.9. The normalized spacial score (nSPS) is 20.5. The van der Waals surface area contributed by atoms with Crippen molar-refractivity contribution in [2.45, 2.75) is 13.3 Å². The van der Waals surface area contributed by atoms with E-state index in [0.717, 1.165) is 19.5 Å². The van der Waals surface area contributed by atoms with Crippen molar-refractivity contribution in [3.8, 4) is 0 Å². The first-order valence-corrected chi connectivity index (χ1v) is 4.37. The molecule has 2 N–H and O–H groups in total. The van der Waals surface area contributed by atoms with E-state index in [1.54, 1.807) is 4.90 Å². The highest BCUT2D eigenvalue weighted by molar-refractivity contribution is 5.74. The Morgan fingerprint density at radius 1 is 1.75 bits per heavy atom. The van der Waals surface area contributed by atoms with Crippen LogP contribution in [0.4, 0.5) is 4.79 Å². The van der Waals surface area contributed by atoms with Gasteiger partial charge in [0.1, 0.15) is 0 Å². The van der Waals surface area contributed by atoms with E-state index >= 15 is 0 Å². The van der Waals surface area contributed by atoms with Gasteiger partial charge in [0, 0.05) is 26.2 Å². The van der Waals surface area contributed by atoms with Crippen molar-refractivity contribution < 1.29 is 9.90 Å². The summed E-state index contributed by atoms with van der Waals surface area (Å²) in [6, 6.07) is 0.00144. The molecule has 2 amide bonds. The molecule has 0 bridgehead atoms. The zero-order valence-corrected chi connectivity index (χ0v) is 7.42. The molecule has 0 radical (unpaired) electrons. The molecule has 1 atom stereocenters. The minimum absolute atomic E-state index is 0.00144. The fourth-order valence-corrected chi connectivity index (χ4v) is 1.29. The Morgan fingerprint density at radius 3 is 3.08 bits per heavy atom. The van der Waals surface area contributed by atoms with Gasteiger partial charge in [-0.2, -0.15) is 0 Å². The van der Waals surface area contributed by atoms with E-state index in [1.165, 1.54) is 0 Å². The number of nitrogens with zero attached hydrogens (tertiary/aromatic N) is 1. The minimum atomic E-state index is 0.00144. The van der Waals surface area contributed by atoms with E-state index < -0.39 is 0 Å². The first-order valence-electron chi connectivity index (χ1n) is 4.37. The lowest BCUT2D eigenvalue weighted by Crippen LogP contribution is -2.48. The topological polar surface area (TPSA) is 52.6 Å². The second-order valence-electron chi connectivity index (χ2n) is 3.32. The Balaban J connectivity index is 2.34. The molecule has 1 heterocycles. The van der Waals surface area contributed by atoms with E-state index in [0.29, 0.717) is 6.54 Å². The van der Waals surface area contributed by atoms with Gasteiger partial charge in [-0.25, -0.2) is 4.79 Å². The zero-order valence-electron chi connectivity index (χ0n) is 7.42. The van der Waals surface area contributed by atoms with Crippen LogP contribution < -0.4 is 5.32 Å². The largest absolute Gasteiger partial charge is 0.396 e. The van der Waals surface area contributed by atoms with Gasteiger partial charge >= 0.3 is 6.03 Å². The highest BCUT2D eigenvalue weighted by atomic mass is 16.3. The summed E-state index contributed by atoms with van der Waals surface area (Å²) in [6.07, 6.45) is 1.00. The molecule has 4 nitrogen and oxygen atoms in total. The predicted molar refractivity (Wildman–Crippen MR) is 45.8 cm³/mol. The molecular formula is C8H16N2O2. The third kappa shape index (κ3) is 2.37. The molecule has 0 aliphatic carbocycles. The molecule has 1 fully saturated rings. The summed E-state index contributed by atoms with van der Waals surface area (Å²) in [6.45, 7) is 4.33. The molecule has 12 heavy (non-hydrogen) atoms. The van der Waals surface area contributed by atoms with Crippen molar-refractivity contribution in [1.29, 1.82) is 0 Å². The number of hydrogen-bond donors (Lipinski definition) is 2. The Labute approximate surface area is 72.6 Å². The summed E-state index contributed by atoms with van der Waals surface area (Å²) in [7, 11) is 0. The number of aliphatic hydroxyl groups excluding tert-OH is 1. The fourth-order valence-electron chi connectivity index (χ4n) is 1.29. The predicted octanol–water partition coefficient (Wildman–Crippen LogP) is 0.0301. The molecule has 0 saturated carbocycles. The molecule has 0 aromatic rings. The van der Waals surface area contributed by atoms with E-state index in [-0.39, 0.29) is 18.6 Å². The quantitative estimate of drug-likeness (QED) is 0.631. The van der Waals surface area contributed by atoms with Crippen LogP contribution in [0, 0.1) is 5.92 Å². The van der Waals surface area contributed by atoms with Gasteiger partial charge < -0.3 is 15.3 Å². The van der Waals surface area contributed by atoms with Crippen LogP contribution >= 0.6 is 0 Å². The van der Waals surface area contributed by atoms with E-state index in [9.17, 15) is 4.79 Å². The van der Waals surface area contributed by atoms with Gasteiger partial charge in [0.05, 0.1) is 0 Å². The molecular weight excluding hydrogens is 156 g/mol. The van der Waals surface area contributed by atoms with Gasteiger partial charge in [-0.05, 0) is 12.3 Å². The molecule has 1 aliphatic heterocycles. The first kappa shape index (κ1) is 9.32. The van der Waals surface area contributed by atoms with Gasteiger partial charge in [0.2, 0.25) is 0 Å². The van der Waals surface area contributed by atoms with Crippen LogP contribution in [0.5, 0.6) is 0 Å². The van der Waals surface area contributed by atoms with Crippen molar-refractivity contribution in [3.63, 3.8) is 0 Å². The lowest BCUT2D eigenvalue weighted by Gasteiger charge is -2.29. The van der Waals surface area contributed by atoms with Crippen molar-refractivity contribution in [1.82, 2.24) is 10.2 Å². The third-order valence-electron chi connectivity index (χ3n) is 2.01. The molecule has 4 heteroatoms. The molecule has 0 aromatic heterocycles. The minimum Gasteiger partial charge on any atom is -0.396 e. The highest BCUT2D eigenvalue weighted by Gasteiger charge is 2.18. The standard InChI is InChI=1S/C8H16N2O2/c1-7(6-11)5-10-4-2-3-9-8(10)12/h7,11H,2-6H2,1H3,(H,9,12). The summed E-state index contributed by atoms with van der Waals surface area (Å²) < 4.78 is 0.